The smallest absolute Gasteiger partial charge is 0.148 e. The Labute approximate surface area is 231 Å². The first-order chi connectivity index (χ1) is 17.7. The average molecular weight is 544 g/mol. The van der Waals surface area contributed by atoms with Crippen molar-refractivity contribution in [1.29, 1.82) is 0 Å². The van der Waals surface area contributed by atoms with E-state index in [0.717, 1.165) is 23.3 Å². The number of ketones is 1. The van der Waals surface area contributed by atoms with Gasteiger partial charge in [0.05, 0.1) is 37.1 Å². The molecular weight excluding hydrogens is 502 g/mol. The second-order valence-electron chi connectivity index (χ2n) is 10.8. The summed E-state index contributed by atoms with van der Waals surface area (Å²) in [5.74, 6) is 1.47. The van der Waals surface area contributed by atoms with Gasteiger partial charge in [0.25, 0.3) is 0 Å². The van der Waals surface area contributed by atoms with E-state index in [4.69, 9.17) is 26.8 Å². The van der Waals surface area contributed by atoms with Crippen LogP contribution in [0.15, 0.2) is 54.6 Å². The maximum absolute atomic E-state index is 13.7. The summed E-state index contributed by atoms with van der Waals surface area (Å²) < 4.78 is 17.0. The number of carbonyl (C=O) groups is 1. The number of hydrogen-bond acceptors (Lipinski definition) is 7. The Bertz CT molecular complexity index is 1050. The number of methoxy groups -OCH3 is 1. The number of Topliss-reactive ketones (excluding diaryl/α,β-unsaturated/α-hetero) is 1. The van der Waals surface area contributed by atoms with Crippen molar-refractivity contribution in [3.8, 4) is 5.75 Å². The van der Waals surface area contributed by atoms with Gasteiger partial charge in [0.1, 0.15) is 16.3 Å². The first kappa shape index (κ1) is 28.5. The summed E-state index contributed by atoms with van der Waals surface area (Å²) in [6.07, 6.45) is 1.27. The van der Waals surface area contributed by atoms with Crippen LogP contribution in [0.1, 0.15) is 49.8 Å². The molecule has 0 radical (unpaired) electrons. The maximum atomic E-state index is 13.7. The minimum absolute atomic E-state index is 0.0576. The Morgan fingerprint density at radius 1 is 1.19 bits per heavy atom. The molecule has 2 aromatic carbocycles. The third kappa shape index (κ3) is 5.76. The molecule has 6 unspecified atom stereocenters. The third-order valence-electron chi connectivity index (χ3n) is 8.43. The summed E-state index contributed by atoms with van der Waals surface area (Å²) in [7, 11) is 3.64. The maximum Gasteiger partial charge on any atom is 0.148 e. The topological polar surface area (TPSA) is 60.1 Å². The number of benzene rings is 2. The number of thiol groups is 1. The molecule has 202 valence electrons. The molecule has 5 nitrogen and oxygen atoms in total. The number of likely N-dealkylation sites (N-methyl/N-ethyl adjacent to an activating group) is 1. The molecule has 2 aliphatic rings. The molecular formula is C30H41NO4S2. The average Bonchev–Trinajstić information content (AvgIpc) is 3.81. The van der Waals surface area contributed by atoms with Crippen LogP contribution in [0.2, 0.25) is 0 Å². The lowest BCUT2D eigenvalue weighted by molar-refractivity contribution is -0.122. The number of ether oxygens (including phenoxy) is 3. The van der Waals surface area contributed by atoms with Crippen molar-refractivity contribution < 1.29 is 19.0 Å². The molecule has 2 aromatic rings. The van der Waals surface area contributed by atoms with Crippen LogP contribution < -0.4 is 10.1 Å². The van der Waals surface area contributed by atoms with Gasteiger partial charge in [-0.25, -0.2) is 0 Å². The van der Waals surface area contributed by atoms with E-state index in [2.05, 4.69) is 38.2 Å². The Kier molecular flexibility index (Phi) is 9.01. The molecule has 1 saturated heterocycles. The van der Waals surface area contributed by atoms with Crippen molar-refractivity contribution in [1.82, 2.24) is 5.32 Å². The molecule has 0 aromatic heterocycles. The highest BCUT2D eigenvalue weighted by Gasteiger charge is 2.75. The van der Waals surface area contributed by atoms with Gasteiger partial charge >= 0.3 is 0 Å². The SMILES string of the molecule is CNC(C)C1OC1C1(C(C)C)CC1[C@@](COCc1ccccc1)(SC(S)c1ccc(OC)cc1)C(C)=O. The molecule has 1 heterocycles. The van der Waals surface area contributed by atoms with Crippen LogP contribution in [0.25, 0.3) is 0 Å². The quantitative estimate of drug-likeness (QED) is 0.175. The molecule has 4 rings (SSSR count). The second-order valence-corrected chi connectivity index (χ2v) is 13.1. The van der Waals surface area contributed by atoms with Crippen LogP contribution in [0.5, 0.6) is 5.75 Å². The monoisotopic (exact) mass is 543 g/mol. The summed E-state index contributed by atoms with van der Waals surface area (Å²) in [4.78, 5) is 13.7. The van der Waals surface area contributed by atoms with E-state index in [1.165, 1.54) is 0 Å². The molecule has 0 bridgehead atoms. The Morgan fingerprint density at radius 3 is 2.43 bits per heavy atom. The Morgan fingerprint density at radius 2 is 1.86 bits per heavy atom. The standard InChI is InChI=1S/C30H41NO4S2/c1-19(2)29(27-26(35-27)20(3)31-5)16-25(29)30(21(4)32,18-34-17-22-10-8-7-9-11-22)37-28(36)23-12-14-24(33-6)15-13-23/h7-15,19-20,25-28,31,36H,16-18H2,1-6H3/t20?,25?,26?,27?,28?,29?,30-/m0/s1. The summed E-state index contributed by atoms with van der Waals surface area (Å²) in [5.41, 5.74) is 2.09. The normalized spacial score (nSPS) is 27.8. The molecule has 7 atom stereocenters. The van der Waals surface area contributed by atoms with E-state index in [1.54, 1.807) is 25.8 Å². The zero-order valence-corrected chi connectivity index (χ0v) is 24.5. The van der Waals surface area contributed by atoms with E-state index in [1.807, 2.05) is 49.5 Å². The van der Waals surface area contributed by atoms with Gasteiger partial charge in [0.2, 0.25) is 0 Å². The minimum atomic E-state index is -0.731. The van der Waals surface area contributed by atoms with Crippen molar-refractivity contribution >= 4 is 30.2 Å². The van der Waals surface area contributed by atoms with E-state index in [9.17, 15) is 4.79 Å². The van der Waals surface area contributed by atoms with E-state index < -0.39 is 4.75 Å². The van der Waals surface area contributed by atoms with Crippen LogP contribution in [0.3, 0.4) is 0 Å². The number of carbonyl (C=O) groups excluding carboxylic acids is 1. The fourth-order valence-electron chi connectivity index (χ4n) is 5.85. The number of hydrogen-bond donors (Lipinski definition) is 2. The van der Waals surface area contributed by atoms with Crippen molar-refractivity contribution in [3.63, 3.8) is 0 Å². The van der Waals surface area contributed by atoms with E-state index >= 15 is 0 Å². The summed E-state index contributed by atoms with van der Waals surface area (Å²) in [6, 6.07) is 18.3. The van der Waals surface area contributed by atoms with Gasteiger partial charge in [0.15, 0.2) is 0 Å². The number of rotatable bonds is 14. The van der Waals surface area contributed by atoms with Crippen LogP contribution in [0, 0.1) is 17.3 Å². The van der Waals surface area contributed by atoms with Crippen molar-refractivity contribution in [2.75, 3.05) is 20.8 Å². The molecule has 2 fully saturated rings. The first-order valence-corrected chi connectivity index (χ1v) is 14.5. The van der Waals surface area contributed by atoms with Gasteiger partial charge < -0.3 is 19.5 Å². The van der Waals surface area contributed by atoms with E-state index in [0.29, 0.717) is 19.1 Å². The van der Waals surface area contributed by atoms with Gasteiger partial charge in [-0.15, -0.1) is 11.8 Å². The van der Waals surface area contributed by atoms with Gasteiger partial charge in [-0.05, 0) is 62.4 Å². The number of nitrogens with one attached hydrogen (secondary N) is 1. The zero-order chi connectivity index (χ0) is 26.8. The van der Waals surface area contributed by atoms with Crippen LogP contribution >= 0.6 is 24.4 Å². The fraction of sp³-hybridized carbons (Fsp3) is 0.567. The third-order valence-corrected chi connectivity index (χ3v) is 10.7. The van der Waals surface area contributed by atoms with E-state index in [-0.39, 0.29) is 39.9 Å². The Hall–Kier alpha value is -1.51. The largest absolute Gasteiger partial charge is 0.497 e. The summed E-state index contributed by atoms with van der Waals surface area (Å²) in [6.45, 7) is 9.23. The lowest BCUT2D eigenvalue weighted by atomic mass is 9.80. The summed E-state index contributed by atoms with van der Waals surface area (Å²) in [5, 5.41) is 3.34. The Balaban J connectivity index is 1.63. The molecule has 7 heteroatoms. The highest BCUT2D eigenvalue weighted by atomic mass is 32.2. The van der Waals surface area contributed by atoms with Gasteiger partial charge in [-0.1, -0.05) is 56.3 Å². The molecule has 1 aliphatic carbocycles. The summed E-state index contributed by atoms with van der Waals surface area (Å²) >= 11 is 6.63. The van der Waals surface area contributed by atoms with Crippen LogP contribution in [0.4, 0.5) is 0 Å². The van der Waals surface area contributed by atoms with Crippen molar-refractivity contribution in [3.05, 3.63) is 65.7 Å². The molecule has 1 N–H and O–H groups in total. The minimum Gasteiger partial charge on any atom is -0.497 e. The molecule has 37 heavy (non-hydrogen) atoms. The highest BCUT2D eigenvalue weighted by Crippen LogP contribution is 2.72. The predicted molar refractivity (Wildman–Crippen MR) is 154 cm³/mol. The van der Waals surface area contributed by atoms with Crippen LogP contribution in [-0.2, 0) is 20.9 Å². The van der Waals surface area contributed by atoms with Gasteiger partial charge in [-0.2, -0.15) is 12.6 Å². The van der Waals surface area contributed by atoms with Gasteiger partial charge in [0, 0.05) is 11.5 Å². The molecule has 0 amide bonds. The molecule has 0 spiro atoms. The highest BCUT2D eigenvalue weighted by molar-refractivity contribution is 8.11. The second kappa shape index (κ2) is 11.7. The predicted octanol–water partition coefficient (Wildman–Crippen LogP) is 5.94. The van der Waals surface area contributed by atoms with Gasteiger partial charge in [-0.3, -0.25) is 4.79 Å². The zero-order valence-electron chi connectivity index (χ0n) is 22.8. The van der Waals surface area contributed by atoms with Crippen molar-refractivity contribution in [2.24, 2.45) is 17.3 Å². The molecule has 1 aliphatic heterocycles. The number of epoxide rings is 1. The number of thioether (sulfide) groups is 1. The lowest BCUT2D eigenvalue weighted by Gasteiger charge is -2.36. The van der Waals surface area contributed by atoms with Crippen LogP contribution in [-0.4, -0.2) is 49.5 Å². The van der Waals surface area contributed by atoms with Crippen molar-refractivity contribution in [2.45, 2.75) is 68.3 Å². The fourth-order valence-corrected chi connectivity index (χ4v) is 8.07. The first-order valence-electron chi connectivity index (χ1n) is 13.1. The lowest BCUT2D eigenvalue weighted by Crippen LogP contribution is -2.45. The molecule has 1 saturated carbocycles.